The molecule has 2 heterocycles. The molecule has 0 unspecified atom stereocenters. The minimum absolute atomic E-state index is 0.215. The van der Waals surface area contributed by atoms with Gasteiger partial charge in [0.25, 0.3) is 5.91 Å². The highest BCUT2D eigenvalue weighted by Crippen LogP contribution is 2.34. The molecule has 0 fully saturated rings. The smallest absolute Gasteiger partial charge is 0.267 e. The Labute approximate surface area is 153 Å². The molecule has 1 aromatic carbocycles. The summed E-state index contributed by atoms with van der Waals surface area (Å²) in [5.41, 5.74) is 8.41. The van der Waals surface area contributed by atoms with Gasteiger partial charge in [-0.3, -0.25) is 4.79 Å². The van der Waals surface area contributed by atoms with E-state index in [9.17, 15) is 4.79 Å². The van der Waals surface area contributed by atoms with E-state index in [2.05, 4.69) is 40.1 Å². The molecule has 0 saturated heterocycles. The number of fused-ring (bicyclic) bond motifs is 1. The van der Waals surface area contributed by atoms with Crippen LogP contribution in [0.25, 0.3) is 10.2 Å². The summed E-state index contributed by atoms with van der Waals surface area (Å²) in [6, 6.07) is 11.4. The van der Waals surface area contributed by atoms with E-state index in [1.807, 2.05) is 36.4 Å². The Kier molecular flexibility index (Phi) is 4.87. The quantitative estimate of drug-likeness (QED) is 0.636. The van der Waals surface area contributed by atoms with Crippen molar-refractivity contribution in [2.75, 3.05) is 11.1 Å². The summed E-state index contributed by atoms with van der Waals surface area (Å²) in [5.74, 6) is 0.318. The van der Waals surface area contributed by atoms with Crippen molar-refractivity contribution < 1.29 is 4.79 Å². The maximum Gasteiger partial charge on any atom is 0.267 e. The Balaban J connectivity index is 1.93. The molecule has 0 bridgehead atoms. The van der Waals surface area contributed by atoms with E-state index < -0.39 is 0 Å². The van der Waals surface area contributed by atoms with Gasteiger partial charge in [-0.2, -0.15) is 0 Å². The molecule has 0 atom stereocenters. The number of amides is 1. The van der Waals surface area contributed by atoms with Gasteiger partial charge in [0, 0.05) is 15.6 Å². The Bertz CT molecular complexity index is 904. The maximum atomic E-state index is 12.6. The van der Waals surface area contributed by atoms with Gasteiger partial charge in [0.15, 0.2) is 0 Å². The molecule has 0 aliphatic heterocycles. The van der Waals surface area contributed by atoms with E-state index in [-0.39, 0.29) is 5.91 Å². The predicted octanol–water partition coefficient (Wildman–Crippen LogP) is 5.09. The minimum atomic E-state index is -0.215. The second-order valence-corrected chi connectivity index (χ2v) is 7.89. The number of benzene rings is 1. The van der Waals surface area contributed by atoms with Gasteiger partial charge in [-0.05, 0) is 52.5 Å². The van der Waals surface area contributed by atoms with Gasteiger partial charge in [-0.1, -0.05) is 26.0 Å². The van der Waals surface area contributed by atoms with E-state index in [1.165, 1.54) is 11.3 Å². The third-order valence-corrected chi connectivity index (χ3v) is 5.40. The summed E-state index contributed by atoms with van der Waals surface area (Å²) in [4.78, 5) is 18.5. The number of carbonyl (C=O) groups is 1. The number of nitrogens with two attached hydrogens (primary N) is 1. The normalized spacial score (nSPS) is 11.2. The van der Waals surface area contributed by atoms with E-state index >= 15 is 0 Å². The number of hydrogen-bond acceptors (Lipinski definition) is 4. The summed E-state index contributed by atoms with van der Waals surface area (Å²) in [7, 11) is 0. The Hall–Kier alpha value is -1.92. The average Bonchev–Trinajstić information content (AvgIpc) is 2.85. The van der Waals surface area contributed by atoms with Gasteiger partial charge in [0.2, 0.25) is 0 Å². The topological polar surface area (TPSA) is 68.0 Å². The van der Waals surface area contributed by atoms with Crippen LogP contribution in [-0.2, 0) is 6.42 Å². The van der Waals surface area contributed by atoms with Crippen LogP contribution in [0.5, 0.6) is 0 Å². The van der Waals surface area contributed by atoms with E-state index in [0.717, 1.165) is 26.8 Å². The Morgan fingerprint density at radius 1 is 1.29 bits per heavy atom. The zero-order valence-electron chi connectivity index (χ0n) is 13.5. The molecule has 3 rings (SSSR count). The van der Waals surface area contributed by atoms with Gasteiger partial charge in [0.1, 0.15) is 9.71 Å². The van der Waals surface area contributed by atoms with Crippen LogP contribution in [0.3, 0.4) is 0 Å². The number of carbonyl (C=O) groups excluding carboxylic acids is 1. The molecule has 0 saturated carbocycles. The maximum absolute atomic E-state index is 12.6. The van der Waals surface area contributed by atoms with Crippen molar-refractivity contribution in [1.29, 1.82) is 0 Å². The van der Waals surface area contributed by atoms with Crippen molar-refractivity contribution in [2.45, 2.75) is 20.3 Å². The van der Waals surface area contributed by atoms with Gasteiger partial charge >= 0.3 is 0 Å². The molecular formula is C18H18BrN3OS. The highest BCUT2D eigenvalue weighted by molar-refractivity contribution is 9.10. The number of thiophene rings is 1. The van der Waals surface area contributed by atoms with Crippen molar-refractivity contribution in [3.8, 4) is 0 Å². The molecule has 0 radical (unpaired) electrons. The van der Waals surface area contributed by atoms with Gasteiger partial charge in [0.05, 0.1) is 11.4 Å². The van der Waals surface area contributed by atoms with Crippen molar-refractivity contribution >= 4 is 54.8 Å². The number of aromatic nitrogens is 1. The second kappa shape index (κ2) is 6.91. The standard InChI is InChI=1S/C18H18BrN3OS/c1-10(2)9-11-7-8-12-15(20)16(24-18(12)21-11)17(23)22-14-6-4-3-5-13(14)19/h3-8,10H,9,20H2,1-2H3,(H,22,23). The number of pyridine rings is 1. The van der Waals surface area contributed by atoms with Crippen LogP contribution in [0.15, 0.2) is 40.9 Å². The van der Waals surface area contributed by atoms with Crippen molar-refractivity contribution in [1.82, 2.24) is 4.98 Å². The number of rotatable bonds is 4. The monoisotopic (exact) mass is 403 g/mol. The Morgan fingerprint density at radius 3 is 2.75 bits per heavy atom. The zero-order chi connectivity index (χ0) is 17.3. The number of hydrogen-bond donors (Lipinski definition) is 2. The number of nitrogens with zero attached hydrogens (tertiary/aromatic N) is 1. The van der Waals surface area contributed by atoms with E-state index in [4.69, 9.17) is 5.73 Å². The first-order valence-corrected chi connectivity index (χ1v) is 9.30. The van der Waals surface area contributed by atoms with E-state index in [1.54, 1.807) is 0 Å². The van der Waals surface area contributed by atoms with Gasteiger partial charge < -0.3 is 11.1 Å². The first-order chi connectivity index (χ1) is 11.5. The molecule has 124 valence electrons. The van der Waals surface area contributed by atoms with Crippen LogP contribution in [-0.4, -0.2) is 10.9 Å². The molecule has 6 heteroatoms. The number of anilines is 2. The minimum Gasteiger partial charge on any atom is -0.397 e. The third kappa shape index (κ3) is 3.44. The lowest BCUT2D eigenvalue weighted by atomic mass is 10.1. The third-order valence-electron chi connectivity index (χ3n) is 3.60. The largest absolute Gasteiger partial charge is 0.397 e. The van der Waals surface area contributed by atoms with Crippen LogP contribution < -0.4 is 11.1 Å². The highest BCUT2D eigenvalue weighted by Gasteiger charge is 2.18. The summed E-state index contributed by atoms with van der Waals surface area (Å²) in [6.07, 6.45) is 0.909. The summed E-state index contributed by atoms with van der Waals surface area (Å²) in [5, 5.41) is 3.73. The summed E-state index contributed by atoms with van der Waals surface area (Å²) >= 11 is 4.76. The lowest BCUT2D eigenvalue weighted by Gasteiger charge is -2.06. The fourth-order valence-corrected chi connectivity index (χ4v) is 3.87. The number of nitrogen functional groups attached to an aromatic ring is 1. The lowest BCUT2D eigenvalue weighted by molar-refractivity contribution is 0.103. The van der Waals surface area contributed by atoms with Crippen LogP contribution >= 0.6 is 27.3 Å². The first-order valence-electron chi connectivity index (χ1n) is 7.69. The summed E-state index contributed by atoms with van der Waals surface area (Å²) in [6.45, 7) is 4.32. The zero-order valence-corrected chi connectivity index (χ0v) is 15.9. The van der Waals surface area contributed by atoms with Crippen molar-refractivity contribution in [2.24, 2.45) is 5.92 Å². The van der Waals surface area contributed by atoms with Crippen molar-refractivity contribution in [3.05, 3.63) is 51.4 Å². The molecule has 0 aliphatic rings. The fourth-order valence-electron chi connectivity index (χ4n) is 2.48. The molecule has 2 aromatic heterocycles. The van der Waals surface area contributed by atoms with Gasteiger partial charge in [-0.15, -0.1) is 11.3 Å². The van der Waals surface area contributed by atoms with Gasteiger partial charge in [-0.25, -0.2) is 4.98 Å². The SMILES string of the molecule is CC(C)Cc1ccc2c(N)c(C(=O)Nc3ccccc3Br)sc2n1. The van der Waals surface area contributed by atoms with Crippen LogP contribution in [0.1, 0.15) is 29.2 Å². The molecule has 0 aliphatic carbocycles. The van der Waals surface area contributed by atoms with E-state index in [0.29, 0.717) is 22.2 Å². The molecule has 4 nitrogen and oxygen atoms in total. The average molecular weight is 404 g/mol. The van der Waals surface area contributed by atoms with Crippen molar-refractivity contribution in [3.63, 3.8) is 0 Å². The molecule has 24 heavy (non-hydrogen) atoms. The molecule has 1 amide bonds. The lowest BCUT2D eigenvalue weighted by Crippen LogP contribution is -2.12. The molecular weight excluding hydrogens is 386 g/mol. The highest BCUT2D eigenvalue weighted by atomic mass is 79.9. The first kappa shape index (κ1) is 16.9. The number of para-hydroxylation sites is 1. The molecule has 3 aromatic rings. The van der Waals surface area contributed by atoms with Crippen LogP contribution in [0.2, 0.25) is 0 Å². The molecule has 3 N–H and O–H groups in total. The number of halogens is 1. The number of nitrogens with one attached hydrogen (secondary N) is 1. The second-order valence-electron chi connectivity index (χ2n) is 6.03. The fraction of sp³-hybridized carbons (Fsp3) is 0.222. The molecule has 0 spiro atoms. The van der Waals surface area contributed by atoms with Crippen LogP contribution in [0, 0.1) is 5.92 Å². The Morgan fingerprint density at radius 2 is 2.04 bits per heavy atom. The predicted molar refractivity (Wildman–Crippen MR) is 105 cm³/mol. The summed E-state index contributed by atoms with van der Waals surface area (Å²) < 4.78 is 0.829. The van der Waals surface area contributed by atoms with Crippen LogP contribution in [0.4, 0.5) is 11.4 Å².